The van der Waals surface area contributed by atoms with Gasteiger partial charge in [0.15, 0.2) is 0 Å². The number of carbonyl (C=O) groups excluding carboxylic acids is 1. The summed E-state index contributed by atoms with van der Waals surface area (Å²) in [4.78, 5) is 17.4. The van der Waals surface area contributed by atoms with E-state index in [0.29, 0.717) is 0 Å². The first-order valence-corrected chi connectivity index (χ1v) is 8.62. The van der Waals surface area contributed by atoms with Crippen LogP contribution >= 0.6 is 0 Å². The molecule has 0 aliphatic carbocycles. The molecule has 0 unspecified atom stereocenters. The van der Waals surface area contributed by atoms with Gasteiger partial charge < -0.3 is 4.74 Å². The molecule has 0 fully saturated rings. The molecule has 130 valence electrons. The Hall–Kier alpha value is -3.14. The minimum atomic E-state index is -0.563. The quantitative estimate of drug-likeness (QED) is 0.449. The Morgan fingerprint density at radius 1 is 0.923 bits per heavy atom. The highest BCUT2D eigenvalue weighted by Gasteiger charge is 2.22. The van der Waals surface area contributed by atoms with E-state index in [9.17, 15) is 4.79 Å². The molecule has 0 amide bonds. The molecule has 4 aromatic rings. The molecule has 0 saturated carbocycles. The van der Waals surface area contributed by atoms with E-state index in [2.05, 4.69) is 4.98 Å². The van der Waals surface area contributed by atoms with Gasteiger partial charge in [0.1, 0.15) is 5.60 Å². The second kappa shape index (κ2) is 5.99. The number of rotatable bonds is 1. The number of benzene rings is 2. The van der Waals surface area contributed by atoms with Crippen LogP contribution < -0.4 is 0 Å². The number of pyridine rings is 1. The predicted molar refractivity (Wildman–Crippen MR) is 104 cm³/mol. The Morgan fingerprint density at radius 2 is 1.62 bits per heavy atom. The number of hydrogen-bond acceptors (Lipinski definition) is 3. The van der Waals surface area contributed by atoms with Gasteiger partial charge >= 0.3 is 6.09 Å². The zero-order valence-corrected chi connectivity index (χ0v) is 15.1. The SMILES string of the molecule is CC(C)(C)OC(=O)n1c2ccccc2c2cc(-c3ccccc3)ncc21. The van der Waals surface area contributed by atoms with Crippen molar-refractivity contribution in [3.05, 3.63) is 66.9 Å². The third-order valence-corrected chi connectivity index (χ3v) is 4.20. The van der Waals surface area contributed by atoms with Crippen LogP contribution in [-0.2, 0) is 4.74 Å². The summed E-state index contributed by atoms with van der Waals surface area (Å²) in [7, 11) is 0. The fourth-order valence-electron chi connectivity index (χ4n) is 3.14. The summed E-state index contributed by atoms with van der Waals surface area (Å²) >= 11 is 0. The zero-order chi connectivity index (χ0) is 18.3. The number of fused-ring (bicyclic) bond motifs is 3. The van der Waals surface area contributed by atoms with Gasteiger partial charge in [0, 0.05) is 16.3 Å². The smallest absolute Gasteiger partial charge is 0.419 e. The van der Waals surface area contributed by atoms with Crippen molar-refractivity contribution in [3.8, 4) is 11.3 Å². The van der Waals surface area contributed by atoms with Crippen molar-refractivity contribution < 1.29 is 9.53 Å². The summed E-state index contributed by atoms with van der Waals surface area (Å²) in [6.07, 6.45) is 1.36. The fraction of sp³-hybridized carbons (Fsp3) is 0.182. The third kappa shape index (κ3) is 2.84. The Bertz CT molecular complexity index is 1110. The summed E-state index contributed by atoms with van der Waals surface area (Å²) in [5.41, 5.74) is 2.93. The second-order valence-electron chi connectivity index (χ2n) is 7.29. The van der Waals surface area contributed by atoms with Gasteiger partial charge in [0.2, 0.25) is 0 Å². The van der Waals surface area contributed by atoms with Crippen LogP contribution in [-0.4, -0.2) is 21.2 Å². The molecule has 0 spiro atoms. The van der Waals surface area contributed by atoms with E-state index < -0.39 is 11.7 Å². The molecule has 2 heterocycles. The Balaban J connectivity index is 1.96. The summed E-state index contributed by atoms with van der Waals surface area (Å²) < 4.78 is 7.22. The van der Waals surface area contributed by atoms with E-state index in [-0.39, 0.29) is 0 Å². The van der Waals surface area contributed by atoms with E-state index >= 15 is 0 Å². The maximum absolute atomic E-state index is 12.8. The van der Waals surface area contributed by atoms with Gasteiger partial charge in [-0.3, -0.25) is 4.98 Å². The minimum Gasteiger partial charge on any atom is -0.443 e. The Morgan fingerprint density at radius 3 is 2.35 bits per heavy atom. The van der Waals surface area contributed by atoms with E-state index in [1.807, 2.05) is 81.4 Å². The first-order chi connectivity index (χ1) is 12.4. The van der Waals surface area contributed by atoms with Crippen LogP contribution in [0.25, 0.3) is 33.1 Å². The standard InChI is InChI=1S/C22H20N2O2/c1-22(2,3)26-21(25)24-19-12-8-7-11-16(19)17-13-18(23-14-20(17)24)15-9-5-4-6-10-15/h4-14H,1-3H3. The average molecular weight is 344 g/mol. The van der Waals surface area contributed by atoms with Gasteiger partial charge in [-0.15, -0.1) is 0 Å². The van der Waals surface area contributed by atoms with E-state index in [4.69, 9.17) is 4.74 Å². The van der Waals surface area contributed by atoms with E-state index in [1.165, 1.54) is 0 Å². The first-order valence-electron chi connectivity index (χ1n) is 8.62. The van der Waals surface area contributed by atoms with Gasteiger partial charge in [0.25, 0.3) is 0 Å². The van der Waals surface area contributed by atoms with Gasteiger partial charge in [-0.25, -0.2) is 9.36 Å². The number of carbonyl (C=O) groups is 1. The van der Waals surface area contributed by atoms with Crippen molar-refractivity contribution >= 4 is 27.9 Å². The largest absolute Gasteiger partial charge is 0.443 e. The van der Waals surface area contributed by atoms with Crippen molar-refractivity contribution in [2.45, 2.75) is 26.4 Å². The highest BCUT2D eigenvalue weighted by atomic mass is 16.6. The number of para-hydroxylation sites is 1. The van der Waals surface area contributed by atoms with Crippen LogP contribution in [0.5, 0.6) is 0 Å². The van der Waals surface area contributed by atoms with Gasteiger partial charge in [-0.05, 0) is 32.9 Å². The zero-order valence-electron chi connectivity index (χ0n) is 15.1. The summed E-state index contributed by atoms with van der Waals surface area (Å²) in [5, 5.41) is 1.99. The summed E-state index contributed by atoms with van der Waals surface area (Å²) in [6.45, 7) is 5.60. The molecule has 4 rings (SSSR count). The lowest BCUT2D eigenvalue weighted by molar-refractivity contribution is 0.0551. The summed E-state index contributed by atoms with van der Waals surface area (Å²) in [6, 6.07) is 19.9. The Labute approximate surface area is 152 Å². The minimum absolute atomic E-state index is 0.391. The monoisotopic (exact) mass is 344 g/mol. The normalized spacial score (nSPS) is 11.8. The van der Waals surface area contributed by atoms with Crippen molar-refractivity contribution in [2.75, 3.05) is 0 Å². The second-order valence-corrected chi connectivity index (χ2v) is 7.29. The molecular weight excluding hydrogens is 324 g/mol. The molecule has 4 heteroatoms. The van der Waals surface area contributed by atoms with Crippen LogP contribution in [0.1, 0.15) is 20.8 Å². The lowest BCUT2D eigenvalue weighted by atomic mass is 10.1. The first kappa shape index (κ1) is 16.3. The maximum Gasteiger partial charge on any atom is 0.419 e. The molecule has 2 aromatic carbocycles. The van der Waals surface area contributed by atoms with Crippen molar-refractivity contribution in [1.82, 2.24) is 9.55 Å². The molecule has 0 atom stereocenters. The van der Waals surface area contributed by atoms with Crippen LogP contribution in [0.4, 0.5) is 4.79 Å². The lowest BCUT2D eigenvalue weighted by Crippen LogP contribution is -2.27. The average Bonchev–Trinajstić information content (AvgIpc) is 2.95. The lowest BCUT2D eigenvalue weighted by Gasteiger charge is -2.20. The predicted octanol–water partition coefficient (Wildman–Crippen LogP) is 5.64. The number of nitrogens with zero attached hydrogens (tertiary/aromatic N) is 2. The van der Waals surface area contributed by atoms with E-state index in [0.717, 1.165) is 33.1 Å². The molecule has 4 nitrogen and oxygen atoms in total. The van der Waals surface area contributed by atoms with Crippen molar-refractivity contribution in [1.29, 1.82) is 0 Å². The molecule has 0 bridgehead atoms. The maximum atomic E-state index is 12.8. The van der Waals surface area contributed by atoms with Crippen LogP contribution in [0, 0.1) is 0 Å². The van der Waals surface area contributed by atoms with Gasteiger partial charge in [-0.2, -0.15) is 0 Å². The van der Waals surface area contributed by atoms with E-state index in [1.54, 1.807) is 10.8 Å². The fourth-order valence-corrected chi connectivity index (χ4v) is 3.14. The molecule has 0 aliphatic heterocycles. The molecule has 0 radical (unpaired) electrons. The topological polar surface area (TPSA) is 44.1 Å². The van der Waals surface area contributed by atoms with Gasteiger partial charge in [-0.1, -0.05) is 48.5 Å². The van der Waals surface area contributed by atoms with Crippen molar-refractivity contribution in [2.24, 2.45) is 0 Å². The highest BCUT2D eigenvalue weighted by Crippen LogP contribution is 2.31. The Kier molecular flexibility index (Phi) is 3.76. The van der Waals surface area contributed by atoms with Crippen LogP contribution in [0.2, 0.25) is 0 Å². The third-order valence-electron chi connectivity index (χ3n) is 4.20. The number of hydrogen-bond donors (Lipinski definition) is 0. The van der Waals surface area contributed by atoms with Crippen LogP contribution in [0.15, 0.2) is 66.9 Å². The molecule has 0 N–H and O–H groups in total. The molecule has 0 saturated heterocycles. The van der Waals surface area contributed by atoms with Crippen LogP contribution in [0.3, 0.4) is 0 Å². The summed E-state index contributed by atoms with van der Waals surface area (Å²) in [5.74, 6) is 0. The molecule has 26 heavy (non-hydrogen) atoms. The highest BCUT2D eigenvalue weighted by molar-refractivity contribution is 6.12. The number of ether oxygens (including phenoxy) is 1. The van der Waals surface area contributed by atoms with Crippen molar-refractivity contribution in [3.63, 3.8) is 0 Å². The molecule has 0 aliphatic rings. The van der Waals surface area contributed by atoms with Gasteiger partial charge in [0.05, 0.1) is 22.9 Å². The molecular formula is C22H20N2O2. The molecule has 2 aromatic heterocycles. The number of aromatic nitrogens is 2.